The maximum Gasteiger partial charge on any atom is 0.308 e. The first-order chi connectivity index (χ1) is 11.9. The molecule has 1 saturated heterocycles. The Hall–Kier alpha value is -2.63. The van der Waals surface area contributed by atoms with Crippen LogP contribution < -0.4 is 0 Å². The second-order valence-corrected chi connectivity index (χ2v) is 6.61. The maximum atomic E-state index is 12.7. The Kier molecular flexibility index (Phi) is 4.61. The lowest BCUT2D eigenvalue weighted by molar-refractivity contribution is -0.152. The number of aryl methyl sites for hydroxylation is 3. The van der Waals surface area contributed by atoms with Crippen molar-refractivity contribution in [2.24, 2.45) is 5.92 Å². The number of aliphatic carboxylic acids is 1. The average Bonchev–Trinajstić information content (AvgIpc) is 2.88. The number of piperidine rings is 1. The fraction of sp³-hybridized carbons (Fsp3) is 0.421. The number of aromatic nitrogens is 1. The van der Waals surface area contributed by atoms with Crippen LogP contribution >= 0.6 is 0 Å². The third-order valence-electron chi connectivity index (χ3n) is 5.04. The molecule has 1 amide bonds. The first kappa shape index (κ1) is 17.2. The predicted octanol–water partition coefficient (Wildman–Crippen LogP) is 3.16. The Bertz CT molecular complexity index is 792. The van der Waals surface area contributed by atoms with Gasteiger partial charge in [-0.1, -0.05) is 29.4 Å². The van der Waals surface area contributed by atoms with Crippen LogP contribution in [-0.2, 0) is 16.1 Å². The van der Waals surface area contributed by atoms with Crippen molar-refractivity contribution in [3.63, 3.8) is 0 Å². The standard InChI is InChI=1S/C19H22N2O4/c1-11-6-4-5-7-14(11)18-15(19(23)24)8-9-17(22)21(18)10-16-12(2)20-25-13(16)3/h4-7,15,18H,8-10H2,1-3H3,(H,23,24)/t15-,18+/m1/s1. The third-order valence-corrected chi connectivity index (χ3v) is 5.04. The number of carboxylic acid groups (broad SMARTS) is 1. The van der Waals surface area contributed by atoms with Gasteiger partial charge in [0.25, 0.3) is 0 Å². The minimum Gasteiger partial charge on any atom is -0.481 e. The summed E-state index contributed by atoms with van der Waals surface area (Å²) in [4.78, 5) is 26.2. The molecule has 2 heterocycles. The van der Waals surface area contributed by atoms with Crippen molar-refractivity contribution in [2.45, 2.75) is 46.2 Å². The van der Waals surface area contributed by atoms with Gasteiger partial charge in [-0.15, -0.1) is 0 Å². The molecule has 25 heavy (non-hydrogen) atoms. The zero-order valence-corrected chi connectivity index (χ0v) is 14.7. The van der Waals surface area contributed by atoms with Crippen molar-refractivity contribution in [1.29, 1.82) is 0 Å². The third kappa shape index (κ3) is 3.16. The Morgan fingerprint density at radius 2 is 2.04 bits per heavy atom. The number of carbonyl (C=O) groups excluding carboxylic acids is 1. The van der Waals surface area contributed by atoms with Gasteiger partial charge in [-0.05, 0) is 38.3 Å². The fourth-order valence-corrected chi connectivity index (χ4v) is 3.60. The lowest BCUT2D eigenvalue weighted by atomic mass is 9.82. The largest absolute Gasteiger partial charge is 0.481 e. The summed E-state index contributed by atoms with van der Waals surface area (Å²) in [5.41, 5.74) is 3.44. The highest BCUT2D eigenvalue weighted by molar-refractivity contribution is 5.82. The van der Waals surface area contributed by atoms with Crippen LogP contribution in [0.2, 0.25) is 0 Å². The molecule has 1 aromatic heterocycles. The Labute approximate surface area is 146 Å². The van der Waals surface area contributed by atoms with Gasteiger partial charge in [0, 0.05) is 12.0 Å². The molecule has 6 nitrogen and oxygen atoms in total. The molecule has 1 aliphatic rings. The van der Waals surface area contributed by atoms with Crippen LogP contribution in [0.15, 0.2) is 28.8 Å². The molecule has 0 aliphatic carbocycles. The van der Waals surface area contributed by atoms with Crippen LogP contribution in [0.5, 0.6) is 0 Å². The van der Waals surface area contributed by atoms with Gasteiger partial charge in [-0.2, -0.15) is 0 Å². The first-order valence-electron chi connectivity index (χ1n) is 8.39. The second-order valence-electron chi connectivity index (χ2n) is 6.61. The van der Waals surface area contributed by atoms with E-state index in [1.807, 2.05) is 38.1 Å². The summed E-state index contributed by atoms with van der Waals surface area (Å²) >= 11 is 0. The molecular weight excluding hydrogens is 320 g/mol. The Balaban J connectivity index is 2.06. The van der Waals surface area contributed by atoms with Crippen LogP contribution in [0, 0.1) is 26.7 Å². The number of benzene rings is 1. The minimum absolute atomic E-state index is 0.0363. The van der Waals surface area contributed by atoms with Gasteiger partial charge < -0.3 is 14.5 Å². The van der Waals surface area contributed by atoms with Crippen molar-refractivity contribution < 1.29 is 19.2 Å². The van der Waals surface area contributed by atoms with E-state index in [4.69, 9.17) is 4.52 Å². The molecule has 1 aromatic carbocycles. The van der Waals surface area contributed by atoms with Crippen molar-refractivity contribution in [2.75, 3.05) is 0 Å². The van der Waals surface area contributed by atoms with E-state index in [0.29, 0.717) is 18.7 Å². The highest BCUT2D eigenvalue weighted by atomic mass is 16.5. The number of carboxylic acids is 1. The quantitative estimate of drug-likeness (QED) is 0.923. The van der Waals surface area contributed by atoms with Gasteiger partial charge in [0.1, 0.15) is 5.76 Å². The molecule has 1 aliphatic heterocycles. The fourth-order valence-electron chi connectivity index (χ4n) is 3.60. The normalized spacial score (nSPS) is 20.8. The van der Waals surface area contributed by atoms with E-state index in [2.05, 4.69) is 5.16 Å². The summed E-state index contributed by atoms with van der Waals surface area (Å²) in [6.07, 6.45) is 0.591. The number of carbonyl (C=O) groups is 2. The SMILES string of the molecule is Cc1ccccc1[C@H]1[C@H](C(=O)O)CCC(=O)N1Cc1c(C)noc1C. The summed E-state index contributed by atoms with van der Waals surface area (Å²) in [6, 6.07) is 7.16. The maximum absolute atomic E-state index is 12.7. The van der Waals surface area contributed by atoms with E-state index in [0.717, 1.165) is 22.4 Å². The van der Waals surface area contributed by atoms with Gasteiger partial charge in [0.2, 0.25) is 5.91 Å². The number of likely N-dealkylation sites (tertiary alicyclic amines) is 1. The van der Waals surface area contributed by atoms with Crippen LogP contribution in [-0.4, -0.2) is 27.0 Å². The van der Waals surface area contributed by atoms with E-state index in [-0.39, 0.29) is 12.3 Å². The molecule has 3 rings (SSSR count). The zero-order chi connectivity index (χ0) is 18.1. The molecule has 0 radical (unpaired) electrons. The summed E-state index contributed by atoms with van der Waals surface area (Å²) in [5.74, 6) is -0.874. The highest BCUT2D eigenvalue weighted by Crippen LogP contribution is 2.39. The second kappa shape index (κ2) is 6.70. The smallest absolute Gasteiger partial charge is 0.308 e. The van der Waals surface area contributed by atoms with Crippen LogP contribution in [0.4, 0.5) is 0 Å². The number of hydrogen-bond donors (Lipinski definition) is 1. The van der Waals surface area contributed by atoms with Gasteiger partial charge in [-0.3, -0.25) is 9.59 Å². The van der Waals surface area contributed by atoms with E-state index in [1.54, 1.807) is 11.8 Å². The van der Waals surface area contributed by atoms with Gasteiger partial charge in [0.05, 0.1) is 24.2 Å². The van der Waals surface area contributed by atoms with Crippen molar-refractivity contribution in [1.82, 2.24) is 10.1 Å². The lowest BCUT2D eigenvalue weighted by Gasteiger charge is -2.40. The molecule has 2 atom stereocenters. The molecule has 1 fully saturated rings. The Morgan fingerprint density at radius 3 is 2.64 bits per heavy atom. The number of amides is 1. The molecular formula is C19H22N2O4. The molecule has 6 heteroatoms. The van der Waals surface area contributed by atoms with E-state index in [1.165, 1.54) is 0 Å². The molecule has 0 saturated carbocycles. The van der Waals surface area contributed by atoms with Gasteiger partial charge in [-0.25, -0.2) is 0 Å². The summed E-state index contributed by atoms with van der Waals surface area (Å²) in [5, 5.41) is 13.7. The summed E-state index contributed by atoms with van der Waals surface area (Å²) < 4.78 is 5.21. The zero-order valence-electron chi connectivity index (χ0n) is 14.7. The average molecular weight is 342 g/mol. The molecule has 2 aromatic rings. The predicted molar refractivity (Wildman–Crippen MR) is 90.8 cm³/mol. The van der Waals surface area contributed by atoms with Crippen LogP contribution in [0.3, 0.4) is 0 Å². The molecule has 0 spiro atoms. The van der Waals surface area contributed by atoms with E-state index in [9.17, 15) is 14.7 Å². The van der Waals surface area contributed by atoms with Gasteiger partial charge in [0.15, 0.2) is 0 Å². The summed E-state index contributed by atoms with van der Waals surface area (Å²) in [6.45, 7) is 5.89. The summed E-state index contributed by atoms with van der Waals surface area (Å²) in [7, 11) is 0. The lowest BCUT2D eigenvalue weighted by Crippen LogP contribution is -2.45. The highest BCUT2D eigenvalue weighted by Gasteiger charge is 2.41. The number of rotatable bonds is 4. The van der Waals surface area contributed by atoms with Crippen molar-refractivity contribution in [3.05, 3.63) is 52.4 Å². The molecule has 132 valence electrons. The van der Waals surface area contributed by atoms with Gasteiger partial charge >= 0.3 is 5.97 Å². The van der Waals surface area contributed by atoms with Crippen molar-refractivity contribution >= 4 is 11.9 Å². The first-order valence-corrected chi connectivity index (χ1v) is 8.39. The Morgan fingerprint density at radius 1 is 1.32 bits per heavy atom. The molecule has 0 bridgehead atoms. The van der Waals surface area contributed by atoms with Crippen LogP contribution in [0.25, 0.3) is 0 Å². The van der Waals surface area contributed by atoms with E-state index < -0.39 is 17.9 Å². The number of hydrogen-bond acceptors (Lipinski definition) is 4. The molecule has 0 unspecified atom stereocenters. The monoisotopic (exact) mass is 342 g/mol. The minimum atomic E-state index is -0.871. The number of nitrogens with zero attached hydrogens (tertiary/aromatic N) is 2. The van der Waals surface area contributed by atoms with E-state index >= 15 is 0 Å². The topological polar surface area (TPSA) is 83.6 Å². The molecule has 1 N–H and O–H groups in total. The van der Waals surface area contributed by atoms with Crippen molar-refractivity contribution in [3.8, 4) is 0 Å². The van der Waals surface area contributed by atoms with Crippen LogP contribution in [0.1, 0.15) is 47.0 Å².